The first-order chi connectivity index (χ1) is 11.9. The minimum atomic E-state index is -0.780. The van der Waals surface area contributed by atoms with Crippen molar-refractivity contribution in [1.82, 2.24) is 0 Å². The summed E-state index contributed by atoms with van der Waals surface area (Å²) in [6.45, 7) is 3.02. The Morgan fingerprint density at radius 3 is 2.44 bits per heavy atom. The third-order valence-corrected chi connectivity index (χ3v) is 3.70. The first-order valence-corrected chi connectivity index (χ1v) is 7.72. The Hall–Kier alpha value is -3.22. The molecule has 0 radical (unpaired) electrons. The molecular formula is C18H18N2O5. The van der Waals surface area contributed by atoms with Crippen molar-refractivity contribution in [3.63, 3.8) is 0 Å². The van der Waals surface area contributed by atoms with Gasteiger partial charge in [-0.05, 0) is 37.1 Å². The van der Waals surface area contributed by atoms with E-state index in [1.165, 1.54) is 25.1 Å². The number of carbonyl (C=O) groups excluding carboxylic acids is 2. The van der Waals surface area contributed by atoms with E-state index in [9.17, 15) is 19.7 Å². The molecule has 0 aromatic heterocycles. The molecule has 0 fully saturated rings. The van der Waals surface area contributed by atoms with Gasteiger partial charge < -0.3 is 10.1 Å². The van der Waals surface area contributed by atoms with Crippen LogP contribution in [0.4, 0.5) is 11.4 Å². The maximum absolute atomic E-state index is 12.1. The molecule has 1 N–H and O–H groups in total. The number of rotatable bonds is 6. The number of nitro benzene ring substituents is 1. The van der Waals surface area contributed by atoms with Gasteiger partial charge >= 0.3 is 5.97 Å². The molecule has 0 saturated heterocycles. The summed E-state index contributed by atoms with van der Waals surface area (Å²) in [7, 11) is 0. The molecule has 0 heterocycles. The molecule has 25 heavy (non-hydrogen) atoms. The summed E-state index contributed by atoms with van der Waals surface area (Å²) in [5.41, 5.74) is 1.84. The van der Waals surface area contributed by atoms with Crippen LogP contribution in [0.1, 0.15) is 28.4 Å². The van der Waals surface area contributed by atoms with E-state index in [2.05, 4.69) is 5.32 Å². The third kappa shape index (κ3) is 4.63. The number of amides is 1. The Morgan fingerprint density at radius 1 is 1.16 bits per heavy atom. The van der Waals surface area contributed by atoms with Gasteiger partial charge in [-0.15, -0.1) is 0 Å². The highest BCUT2D eigenvalue weighted by atomic mass is 16.6. The van der Waals surface area contributed by atoms with E-state index >= 15 is 0 Å². The summed E-state index contributed by atoms with van der Waals surface area (Å²) in [5.74, 6) is -1.27. The lowest BCUT2D eigenvalue weighted by Crippen LogP contribution is -2.21. The van der Waals surface area contributed by atoms with Gasteiger partial charge in [-0.3, -0.25) is 14.9 Å². The number of ether oxygens (including phenoxy) is 1. The Balaban J connectivity index is 1.96. The number of benzene rings is 2. The molecule has 7 heteroatoms. The molecule has 7 nitrogen and oxygen atoms in total. The number of aryl methyl sites for hydroxylation is 1. The molecule has 0 atom stereocenters. The molecule has 0 bridgehead atoms. The smallest absolute Gasteiger partial charge is 0.339 e. The normalized spacial score (nSPS) is 10.2. The van der Waals surface area contributed by atoms with Crippen LogP contribution in [0.15, 0.2) is 42.5 Å². The van der Waals surface area contributed by atoms with E-state index in [4.69, 9.17) is 4.74 Å². The van der Waals surface area contributed by atoms with Crippen LogP contribution in [0.5, 0.6) is 0 Å². The van der Waals surface area contributed by atoms with Gasteiger partial charge in [-0.25, -0.2) is 4.79 Å². The van der Waals surface area contributed by atoms with Crippen LogP contribution in [0.25, 0.3) is 0 Å². The Bertz CT molecular complexity index is 800. The topological polar surface area (TPSA) is 98.5 Å². The summed E-state index contributed by atoms with van der Waals surface area (Å²) in [6.07, 6.45) is 0.897. The second kappa shape index (κ2) is 8.05. The second-order valence-electron chi connectivity index (χ2n) is 5.38. The van der Waals surface area contributed by atoms with Crippen molar-refractivity contribution in [2.24, 2.45) is 0 Å². The largest absolute Gasteiger partial charge is 0.452 e. The van der Waals surface area contributed by atoms with E-state index in [0.717, 1.165) is 12.0 Å². The lowest BCUT2D eigenvalue weighted by molar-refractivity contribution is -0.385. The number of esters is 1. The summed E-state index contributed by atoms with van der Waals surface area (Å²) in [4.78, 5) is 34.3. The fraction of sp³-hybridized carbons (Fsp3) is 0.222. The average molecular weight is 342 g/mol. The molecule has 0 unspecified atom stereocenters. The molecule has 0 spiro atoms. The van der Waals surface area contributed by atoms with Crippen molar-refractivity contribution in [2.75, 3.05) is 11.9 Å². The van der Waals surface area contributed by atoms with Crippen LogP contribution in [0.3, 0.4) is 0 Å². The summed E-state index contributed by atoms with van der Waals surface area (Å²) in [5, 5.41) is 13.5. The van der Waals surface area contributed by atoms with Gasteiger partial charge in [0.05, 0.1) is 10.5 Å². The zero-order valence-electron chi connectivity index (χ0n) is 13.9. The Kier molecular flexibility index (Phi) is 5.84. The molecule has 1 amide bonds. The molecule has 0 aliphatic heterocycles. The standard InChI is InChI=1S/C18H18N2O5/c1-3-13-7-9-14(10-8-13)19-17(21)11-25-18(22)15-5-4-6-16(12(15)2)20(23)24/h4-10H,3,11H2,1-2H3,(H,19,21). The van der Waals surface area contributed by atoms with Crippen LogP contribution in [-0.2, 0) is 16.0 Å². The SMILES string of the molecule is CCc1ccc(NC(=O)COC(=O)c2cccc([N+](=O)[O-])c2C)cc1. The molecule has 0 saturated carbocycles. The fourth-order valence-electron chi connectivity index (χ4n) is 2.27. The summed E-state index contributed by atoms with van der Waals surface area (Å²) >= 11 is 0. The number of nitrogens with one attached hydrogen (secondary N) is 1. The number of hydrogen-bond donors (Lipinski definition) is 1. The maximum Gasteiger partial charge on any atom is 0.339 e. The second-order valence-corrected chi connectivity index (χ2v) is 5.38. The first kappa shape index (κ1) is 18.1. The van der Waals surface area contributed by atoms with Crippen LogP contribution >= 0.6 is 0 Å². The first-order valence-electron chi connectivity index (χ1n) is 7.72. The van der Waals surface area contributed by atoms with E-state index in [0.29, 0.717) is 5.69 Å². The number of nitrogens with zero attached hydrogens (tertiary/aromatic N) is 1. The Labute approximate surface area is 144 Å². The minimum Gasteiger partial charge on any atom is -0.452 e. The zero-order chi connectivity index (χ0) is 18.4. The average Bonchev–Trinajstić information content (AvgIpc) is 2.60. The van der Waals surface area contributed by atoms with E-state index in [1.54, 1.807) is 12.1 Å². The fourth-order valence-corrected chi connectivity index (χ4v) is 2.27. The molecule has 130 valence electrons. The number of hydrogen-bond acceptors (Lipinski definition) is 5. The molecule has 2 aromatic carbocycles. The Morgan fingerprint density at radius 2 is 1.84 bits per heavy atom. The highest BCUT2D eigenvalue weighted by molar-refractivity contribution is 5.96. The molecule has 2 rings (SSSR count). The van der Waals surface area contributed by atoms with Crippen molar-refractivity contribution >= 4 is 23.3 Å². The van der Waals surface area contributed by atoms with Crippen LogP contribution in [0.2, 0.25) is 0 Å². The highest BCUT2D eigenvalue weighted by Crippen LogP contribution is 2.21. The number of nitro groups is 1. The van der Waals surface area contributed by atoms with E-state index < -0.39 is 23.4 Å². The summed E-state index contributed by atoms with van der Waals surface area (Å²) in [6, 6.07) is 11.5. The molecular weight excluding hydrogens is 324 g/mol. The summed E-state index contributed by atoms with van der Waals surface area (Å²) < 4.78 is 4.95. The van der Waals surface area contributed by atoms with Crippen LogP contribution in [0, 0.1) is 17.0 Å². The van der Waals surface area contributed by atoms with E-state index in [1.807, 2.05) is 19.1 Å². The predicted octanol–water partition coefficient (Wildman–Crippen LogP) is 3.26. The van der Waals surface area contributed by atoms with Crippen molar-refractivity contribution in [3.05, 3.63) is 69.3 Å². The third-order valence-electron chi connectivity index (χ3n) is 3.70. The number of carbonyl (C=O) groups is 2. The van der Waals surface area contributed by atoms with Crippen LogP contribution < -0.4 is 5.32 Å². The quantitative estimate of drug-likeness (QED) is 0.493. The van der Waals surface area contributed by atoms with E-state index in [-0.39, 0.29) is 16.8 Å². The van der Waals surface area contributed by atoms with Gasteiger partial charge in [0, 0.05) is 17.3 Å². The van der Waals surface area contributed by atoms with Crippen molar-refractivity contribution < 1.29 is 19.2 Å². The lowest BCUT2D eigenvalue weighted by atomic mass is 10.1. The van der Waals surface area contributed by atoms with Gasteiger partial charge in [-0.1, -0.05) is 25.1 Å². The number of anilines is 1. The van der Waals surface area contributed by atoms with Crippen molar-refractivity contribution in [1.29, 1.82) is 0 Å². The predicted molar refractivity (Wildman–Crippen MR) is 92.6 cm³/mol. The van der Waals surface area contributed by atoms with Gasteiger partial charge in [0.2, 0.25) is 0 Å². The van der Waals surface area contributed by atoms with Crippen molar-refractivity contribution in [3.8, 4) is 0 Å². The van der Waals surface area contributed by atoms with Crippen molar-refractivity contribution in [2.45, 2.75) is 20.3 Å². The van der Waals surface area contributed by atoms with Gasteiger partial charge in [0.15, 0.2) is 6.61 Å². The van der Waals surface area contributed by atoms with Gasteiger partial charge in [0.25, 0.3) is 11.6 Å². The van der Waals surface area contributed by atoms with Gasteiger partial charge in [0.1, 0.15) is 0 Å². The minimum absolute atomic E-state index is 0.0642. The molecule has 0 aliphatic rings. The lowest BCUT2D eigenvalue weighted by Gasteiger charge is -2.08. The highest BCUT2D eigenvalue weighted by Gasteiger charge is 2.19. The van der Waals surface area contributed by atoms with Crippen LogP contribution in [-0.4, -0.2) is 23.4 Å². The van der Waals surface area contributed by atoms with Gasteiger partial charge in [-0.2, -0.15) is 0 Å². The molecule has 2 aromatic rings. The maximum atomic E-state index is 12.1. The molecule has 0 aliphatic carbocycles. The zero-order valence-corrected chi connectivity index (χ0v) is 13.9. The monoisotopic (exact) mass is 342 g/mol.